The number of allylic oxidation sites excluding steroid dienone is 3. The first kappa shape index (κ1) is 21.7. The number of benzene rings is 3. The SMILES string of the molecule is CC1=Cc2c(Br)cccc2C1C1=C(C)C([SiH](C)C)c2cccc(-c3cc(C)cc(C)c3)c21. The average Bonchev–Trinajstić information content (AvgIpc) is 3.20. The molecule has 0 N–H and O–H groups in total. The van der Waals surface area contributed by atoms with Crippen LogP contribution in [0.25, 0.3) is 22.8 Å². The van der Waals surface area contributed by atoms with Crippen LogP contribution in [0.3, 0.4) is 0 Å². The Morgan fingerprint density at radius 1 is 0.812 bits per heavy atom. The van der Waals surface area contributed by atoms with Gasteiger partial charge in [-0.05, 0) is 78.3 Å². The van der Waals surface area contributed by atoms with Crippen molar-refractivity contribution >= 4 is 36.4 Å². The predicted octanol–water partition coefficient (Wildman–Crippen LogP) is 8.83. The second kappa shape index (κ2) is 8.00. The lowest BCUT2D eigenvalue weighted by atomic mass is 9.81. The standard InChI is InChI=1S/C30H31BrSi/c1-17-13-18(2)15-21(14-17)22-9-7-11-24-29(22)28(20(4)30(24)32(5)6)27-19(3)16-25-23(27)10-8-12-26(25)31/h7-16,27,30,32H,1-6H3. The van der Waals surface area contributed by atoms with Crippen molar-refractivity contribution in [1.29, 1.82) is 0 Å². The molecule has 2 heteroatoms. The van der Waals surface area contributed by atoms with Gasteiger partial charge in [0.25, 0.3) is 0 Å². The maximum Gasteiger partial charge on any atom is 0.0439 e. The maximum absolute atomic E-state index is 3.81. The lowest BCUT2D eigenvalue weighted by Crippen LogP contribution is -2.15. The summed E-state index contributed by atoms with van der Waals surface area (Å²) in [7, 11) is -0.937. The van der Waals surface area contributed by atoms with Gasteiger partial charge in [0.15, 0.2) is 0 Å². The van der Waals surface area contributed by atoms with E-state index in [1.165, 1.54) is 49.0 Å². The summed E-state index contributed by atoms with van der Waals surface area (Å²) in [4.78, 5) is 0. The van der Waals surface area contributed by atoms with E-state index in [0.29, 0.717) is 11.5 Å². The molecule has 0 aromatic heterocycles. The van der Waals surface area contributed by atoms with Gasteiger partial charge < -0.3 is 0 Å². The minimum Gasteiger partial charge on any atom is -0.0714 e. The molecule has 2 unspecified atom stereocenters. The molecular formula is C30H31BrSi. The first-order valence-corrected chi connectivity index (χ1v) is 15.4. The molecule has 5 rings (SSSR count). The van der Waals surface area contributed by atoms with E-state index in [1.807, 2.05) is 0 Å². The van der Waals surface area contributed by atoms with Crippen LogP contribution in [0.5, 0.6) is 0 Å². The molecule has 32 heavy (non-hydrogen) atoms. The molecule has 0 amide bonds. The molecule has 2 atom stereocenters. The minimum atomic E-state index is -0.937. The van der Waals surface area contributed by atoms with Gasteiger partial charge in [-0.1, -0.05) is 106 Å². The normalized spacial score (nSPS) is 19.4. The predicted molar refractivity (Wildman–Crippen MR) is 146 cm³/mol. The monoisotopic (exact) mass is 498 g/mol. The van der Waals surface area contributed by atoms with Crippen LogP contribution in [0.4, 0.5) is 0 Å². The Hall–Kier alpha value is -2.16. The fraction of sp³-hybridized carbons (Fsp3) is 0.267. The fourth-order valence-electron chi connectivity index (χ4n) is 6.23. The van der Waals surface area contributed by atoms with Crippen molar-refractivity contribution in [2.24, 2.45) is 0 Å². The second-order valence-corrected chi connectivity index (χ2v) is 14.0. The Morgan fingerprint density at radius 2 is 1.47 bits per heavy atom. The number of hydrogen-bond donors (Lipinski definition) is 0. The number of halogens is 1. The summed E-state index contributed by atoms with van der Waals surface area (Å²) >= 11 is 3.81. The molecule has 3 aromatic carbocycles. The zero-order valence-corrected chi connectivity index (χ0v) is 22.6. The highest BCUT2D eigenvalue weighted by Crippen LogP contribution is 2.56. The molecule has 0 spiro atoms. The number of fused-ring (bicyclic) bond motifs is 2. The maximum atomic E-state index is 3.81. The van der Waals surface area contributed by atoms with Gasteiger partial charge in [-0.15, -0.1) is 0 Å². The van der Waals surface area contributed by atoms with E-state index >= 15 is 0 Å². The van der Waals surface area contributed by atoms with E-state index < -0.39 is 8.80 Å². The third-order valence-corrected chi connectivity index (χ3v) is 10.2. The van der Waals surface area contributed by atoms with Crippen LogP contribution in [0.1, 0.15) is 58.7 Å². The van der Waals surface area contributed by atoms with E-state index in [-0.39, 0.29) is 0 Å². The zero-order valence-electron chi connectivity index (χ0n) is 19.9. The Morgan fingerprint density at radius 3 is 2.16 bits per heavy atom. The van der Waals surface area contributed by atoms with Gasteiger partial charge in [0.1, 0.15) is 0 Å². The molecule has 0 heterocycles. The number of rotatable bonds is 3. The highest BCUT2D eigenvalue weighted by molar-refractivity contribution is 9.10. The molecule has 0 fully saturated rings. The Kier molecular flexibility index (Phi) is 5.42. The molecule has 0 aliphatic heterocycles. The third-order valence-electron chi connectivity index (χ3n) is 7.31. The average molecular weight is 500 g/mol. The summed E-state index contributed by atoms with van der Waals surface area (Å²) < 4.78 is 1.20. The number of hydrogen-bond acceptors (Lipinski definition) is 0. The lowest BCUT2D eigenvalue weighted by Gasteiger charge is -2.22. The minimum absolute atomic E-state index is 0.339. The Labute approximate surface area is 202 Å². The quantitative estimate of drug-likeness (QED) is 0.316. The molecule has 2 aliphatic carbocycles. The van der Waals surface area contributed by atoms with Crippen molar-refractivity contribution in [2.75, 3.05) is 0 Å². The van der Waals surface area contributed by atoms with Gasteiger partial charge in [-0.2, -0.15) is 0 Å². The van der Waals surface area contributed by atoms with Crippen LogP contribution < -0.4 is 0 Å². The third kappa shape index (κ3) is 3.31. The summed E-state index contributed by atoms with van der Waals surface area (Å²) in [6.07, 6.45) is 2.39. The summed E-state index contributed by atoms with van der Waals surface area (Å²) in [5, 5.41) is 0. The first-order valence-electron chi connectivity index (χ1n) is 11.7. The molecule has 0 radical (unpaired) electrons. The molecular weight excluding hydrogens is 468 g/mol. The van der Waals surface area contributed by atoms with Gasteiger partial charge in [-0.25, -0.2) is 0 Å². The molecule has 0 saturated carbocycles. The highest BCUT2D eigenvalue weighted by atomic mass is 79.9. The van der Waals surface area contributed by atoms with Gasteiger partial charge in [0, 0.05) is 19.2 Å². The van der Waals surface area contributed by atoms with Gasteiger partial charge in [-0.3, -0.25) is 0 Å². The van der Waals surface area contributed by atoms with Gasteiger partial charge >= 0.3 is 0 Å². The van der Waals surface area contributed by atoms with Crippen LogP contribution in [0, 0.1) is 13.8 Å². The Balaban J connectivity index is 1.80. The van der Waals surface area contributed by atoms with Gasteiger partial charge in [0.05, 0.1) is 0 Å². The summed E-state index contributed by atoms with van der Waals surface area (Å²) in [5.74, 6) is 0.339. The summed E-state index contributed by atoms with van der Waals surface area (Å²) in [6, 6.07) is 20.7. The topological polar surface area (TPSA) is 0 Å². The largest absolute Gasteiger partial charge is 0.0714 e. The van der Waals surface area contributed by atoms with Crippen molar-refractivity contribution in [3.8, 4) is 11.1 Å². The van der Waals surface area contributed by atoms with Crippen molar-refractivity contribution < 1.29 is 0 Å². The van der Waals surface area contributed by atoms with Crippen LogP contribution in [0.2, 0.25) is 13.1 Å². The van der Waals surface area contributed by atoms with E-state index in [0.717, 1.165) is 0 Å². The zero-order chi connectivity index (χ0) is 22.7. The summed E-state index contributed by atoms with van der Waals surface area (Å²) in [5.41, 5.74) is 16.5. The Bertz CT molecular complexity index is 1290. The molecule has 0 nitrogen and oxygen atoms in total. The molecule has 2 aliphatic rings. The fourth-order valence-corrected chi connectivity index (χ4v) is 8.90. The number of aryl methyl sites for hydroxylation is 2. The van der Waals surface area contributed by atoms with Crippen LogP contribution in [-0.4, -0.2) is 8.80 Å². The van der Waals surface area contributed by atoms with Crippen LogP contribution in [0.15, 0.2) is 70.2 Å². The van der Waals surface area contributed by atoms with Crippen LogP contribution in [-0.2, 0) is 0 Å². The smallest absolute Gasteiger partial charge is 0.0439 e. The van der Waals surface area contributed by atoms with Gasteiger partial charge in [0.2, 0.25) is 0 Å². The second-order valence-electron chi connectivity index (χ2n) is 10.0. The molecule has 3 aromatic rings. The van der Waals surface area contributed by atoms with Crippen molar-refractivity contribution in [1.82, 2.24) is 0 Å². The van der Waals surface area contributed by atoms with Crippen molar-refractivity contribution in [3.63, 3.8) is 0 Å². The highest BCUT2D eigenvalue weighted by Gasteiger charge is 2.39. The van der Waals surface area contributed by atoms with Crippen molar-refractivity contribution in [2.45, 2.75) is 52.2 Å². The lowest BCUT2D eigenvalue weighted by molar-refractivity contribution is 1.03. The first-order chi connectivity index (χ1) is 15.3. The van der Waals surface area contributed by atoms with E-state index in [9.17, 15) is 0 Å². The molecule has 0 saturated heterocycles. The summed E-state index contributed by atoms with van der Waals surface area (Å²) in [6.45, 7) is 14.2. The van der Waals surface area contributed by atoms with Crippen LogP contribution >= 0.6 is 15.9 Å². The van der Waals surface area contributed by atoms with E-state index in [2.05, 4.69) is 117 Å². The molecule has 162 valence electrons. The van der Waals surface area contributed by atoms with E-state index in [4.69, 9.17) is 0 Å². The molecule has 0 bridgehead atoms. The van der Waals surface area contributed by atoms with E-state index in [1.54, 1.807) is 16.7 Å². The van der Waals surface area contributed by atoms with Crippen molar-refractivity contribution in [3.05, 3.63) is 104 Å².